The summed E-state index contributed by atoms with van der Waals surface area (Å²) in [6, 6.07) is 12.3. The van der Waals surface area contributed by atoms with Gasteiger partial charge in [-0.15, -0.1) is 11.8 Å². The van der Waals surface area contributed by atoms with Crippen LogP contribution in [-0.4, -0.2) is 33.1 Å². The third kappa shape index (κ3) is 6.56. The van der Waals surface area contributed by atoms with Crippen LogP contribution in [-0.2, 0) is 14.4 Å². The van der Waals surface area contributed by atoms with E-state index in [2.05, 4.69) is 15.6 Å². The Morgan fingerprint density at radius 3 is 2.62 bits per heavy atom. The summed E-state index contributed by atoms with van der Waals surface area (Å²) in [6.07, 6.45) is 1.30. The third-order valence-corrected chi connectivity index (χ3v) is 4.38. The first kappa shape index (κ1) is 19.5. The molecule has 136 valence electrons. The number of carboxylic acids is 1. The number of amides is 2. The molecule has 0 aliphatic carbocycles. The van der Waals surface area contributed by atoms with Gasteiger partial charge in [0.05, 0.1) is 11.7 Å². The minimum Gasteiger partial charge on any atom is -0.481 e. The van der Waals surface area contributed by atoms with E-state index < -0.39 is 5.97 Å². The molecule has 0 bridgehead atoms. The molecule has 1 aromatic carbocycles. The second-order valence-electron chi connectivity index (χ2n) is 5.43. The first-order valence-electron chi connectivity index (χ1n) is 7.94. The zero-order valence-electron chi connectivity index (χ0n) is 14.1. The molecule has 3 N–H and O–H groups in total. The molecule has 2 amide bonds. The van der Waals surface area contributed by atoms with Crippen molar-refractivity contribution in [1.82, 2.24) is 4.98 Å². The van der Waals surface area contributed by atoms with Crippen molar-refractivity contribution in [3.05, 3.63) is 48.7 Å². The summed E-state index contributed by atoms with van der Waals surface area (Å²) in [5.74, 6) is -1.07. The second kappa shape index (κ2) is 9.57. The van der Waals surface area contributed by atoms with Crippen molar-refractivity contribution in [1.29, 1.82) is 0 Å². The Labute approximate surface area is 155 Å². The van der Waals surface area contributed by atoms with Gasteiger partial charge in [0.2, 0.25) is 11.8 Å². The molecular weight excluding hydrogens is 354 g/mol. The molecule has 0 fully saturated rings. The highest BCUT2D eigenvalue weighted by atomic mass is 32.2. The van der Waals surface area contributed by atoms with Crippen molar-refractivity contribution in [2.24, 2.45) is 0 Å². The average Bonchev–Trinajstić information content (AvgIpc) is 2.61. The van der Waals surface area contributed by atoms with Crippen LogP contribution >= 0.6 is 11.8 Å². The number of rotatable bonds is 8. The molecule has 1 aromatic heterocycles. The quantitative estimate of drug-likeness (QED) is 0.614. The lowest BCUT2D eigenvalue weighted by Gasteiger charge is -2.12. The number of pyridine rings is 1. The summed E-state index contributed by atoms with van der Waals surface area (Å²) >= 11 is 1.35. The molecule has 8 heteroatoms. The number of benzene rings is 1. The molecule has 1 unspecified atom stereocenters. The number of carbonyl (C=O) groups excluding carboxylic acids is 2. The normalized spacial score (nSPS) is 11.4. The van der Waals surface area contributed by atoms with Crippen molar-refractivity contribution in [3.63, 3.8) is 0 Å². The van der Waals surface area contributed by atoms with Gasteiger partial charge in [-0.2, -0.15) is 0 Å². The fourth-order valence-corrected chi connectivity index (χ4v) is 2.94. The van der Waals surface area contributed by atoms with Crippen molar-refractivity contribution in [3.8, 4) is 0 Å². The molecule has 2 aromatic rings. The number of nitrogens with zero attached hydrogens (tertiary/aromatic N) is 1. The Hall–Kier alpha value is -2.87. The van der Waals surface area contributed by atoms with E-state index in [-0.39, 0.29) is 29.9 Å². The van der Waals surface area contributed by atoms with Crippen molar-refractivity contribution >= 4 is 41.1 Å². The van der Waals surface area contributed by atoms with E-state index in [0.29, 0.717) is 11.5 Å². The monoisotopic (exact) mass is 373 g/mol. The molecular formula is C18H19N3O4S. The highest BCUT2D eigenvalue weighted by molar-refractivity contribution is 8.00. The number of anilines is 2. The van der Waals surface area contributed by atoms with Gasteiger partial charge < -0.3 is 15.7 Å². The molecule has 0 saturated heterocycles. The number of hydrogen-bond acceptors (Lipinski definition) is 5. The summed E-state index contributed by atoms with van der Waals surface area (Å²) in [4.78, 5) is 39.3. The number of aliphatic carboxylic acids is 1. The highest BCUT2D eigenvalue weighted by Gasteiger charge is 2.15. The van der Waals surface area contributed by atoms with Crippen molar-refractivity contribution < 1.29 is 19.5 Å². The first-order valence-corrected chi connectivity index (χ1v) is 8.82. The number of carbonyl (C=O) groups is 3. The number of carboxylic acid groups (broad SMARTS) is 1. The SMILES string of the molecule is CC(Sc1cccc(NC(=O)CCC(=O)O)c1)C(=O)Nc1ccccn1. The van der Waals surface area contributed by atoms with E-state index in [1.54, 1.807) is 49.5 Å². The number of thioether (sulfide) groups is 1. The highest BCUT2D eigenvalue weighted by Crippen LogP contribution is 2.26. The maximum Gasteiger partial charge on any atom is 0.303 e. The van der Waals surface area contributed by atoms with Gasteiger partial charge in [-0.05, 0) is 37.3 Å². The van der Waals surface area contributed by atoms with Crippen LogP contribution < -0.4 is 10.6 Å². The summed E-state index contributed by atoms with van der Waals surface area (Å²) in [7, 11) is 0. The fourth-order valence-electron chi connectivity index (χ4n) is 2.01. The van der Waals surface area contributed by atoms with Crippen LogP contribution in [0.4, 0.5) is 11.5 Å². The van der Waals surface area contributed by atoms with Crippen molar-refractivity contribution in [2.75, 3.05) is 10.6 Å². The predicted molar refractivity (Wildman–Crippen MR) is 100 cm³/mol. The molecule has 0 spiro atoms. The number of nitrogens with one attached hydrogen (secondary N) is 2. The van der Waals surface area contributed by atoms with Crippen molar-refractivity contribution in [2.45, 2.75) is 29.9 Å². The Kier molecular flexibility index (Phi) is 7.16. The molecule has 26 heavy (non-hydrogen) atoms. The van der Waals surface area contributed by atoms with Gasteiger partial charge in [0.15, 0.2) is 0 Å². The molecule has 1 atom stereocenters. The topological polar surface area (TPSA) is 108 Å². The van der Waals surface area contributed by atoms with E-state index >= 15 is 0 Å². The molecule has 0 aliphatic heterocycles. The Morgan fingerprint density at radius 1 is 1.12 bits per heavy atom. The van der Waals surface area contributed by atoms with Gasteiger partial charge in [-0.1, -0.05) is 12.1 Å². The molecule has 0 saturated carbocycles. The summed E-state index contributed by atoms with van der Waals surface area (Å²) in [5.41, 5.74) is 0.558. The second-order valence-corrected chi connectivity index (χ2v) is 6.85. The standard InChI is InChI=1S/C18H19N3O4S/c1-12(18(25)21-15-7-2-3-10-19-15)26-14-6-4-5-13(11-14)20-16(22)8-9-17(23)24/h2-7,10-12H,8-9H2,1H3,(H,20,22)(H,23,24)(H,19,21,25). The van der Waals surface area contributed by atoms with Gasteiger partial charge in [0.1, 0.15) is 5.82 Å². The largest absolute Gasteiger partial charge is 0.481 e. The summed E-state index contributed by atoms with van der Waals surface area (Å²) in [6.45, 7) is 1.78. The van der Waals surface area contributed by atoms with Crippen LogP contribution in [0, 0.1) is 0 Å². The Morgan fingerprint density at radius 2 is 1.92 bits per heavy atom. The zero-order chi connectivity index (χ0) is 18.9. The van der Waals surface area contributed by atoms with E-state index in [1.807, 2.05) is 6.07 Å². The van der Waals surface area contributed by atoms with E-state index in [0.717, 1.165) is 4.90 Å². The van der Waals surface area contributed by atoms with Crippen LogP contribution in [0.5, 0.6) is 0 Å². The minimum atomic E-state index is -1.02. The molecule has 1 heterocycles. The van der Waals surface area contributed by atoms with E-state index in [9.17, 15) is 14.4 Å². The third-order valence-electron chi connectivity index (χ3n) is 3.28. The summed E-state index contributed by atoms with van der Waals surface area (Å²) in [5, 5.41) is 13.6. The smallest absolute Gasteiger partial charge is 0.303 e. The van der Waals surface area contributed by atoms with E-state index in [4.69, 9.17) is 5.11 Å². The Bertz CT molecular complexity index is 783. The fraction of sp³-hybridized carbons (Fsp3) is 0.222. The maximum absolute atomic E-state index is 12.2. The summed E-state index contributed by atoms with van der Waals surface area (Å²) < 4.78 is 0. The molecule has 0 aliphatic rings. The lowest BCUT2D eigenvalue weighted by molar-refractivity contribution is -0.138. The first-order chi connectivity index (χ1) is 12.4. The lowest BCUT2D eigenvalue weighted by atomic mass is 10.2. The number of aromatic nitrogens is 1. The molecule has 0 radical (unpaired) electrons. The Balaban J connectivity index is 1.91. The molecule has 7 nitrogen and oxygen atoms in total. The van der Waals surface area contributed by atoms with Crippen LogP contribution in [0.25, 0.3) is 0 Å². The van der Waals surface area contributed by atoms with E-state index in [1.165, 1.54) is 11.8 Å². The van der Waals surface area contributed by atoms with Gasteiger partial charge in [0.25, 0.3) is 0 Å². The predicted octanol–water partition coefficient (Wildman–Crippen LogP) is 3.00. The minimum absolute atomic E-state index is 0.0877. The maximum atomic E-state index is 12.2. The van der Waals surface area contributed by atoms with Crippen LogP contribution in [0.3, 0.4) is 0 Å². The van der Waals surface area contributed by atoms with Gasteiger partial charge >= 0.3 is 5.97 Å². The average molecular weight is 373 g/mol. The molecule has 2 rings (SSSR count). The van der Waals surface area contributed by atoms with Crippen LogP contribution in [0.2, 0.25) is 0 Å². The van der Waals surface area contributed by atoms with Gasteiger partial charge in [-0.3, -0.25) is 14.4 Å². The zero-order valence-corrected chi connectivity index (χ0v) is 15.0. The van der Waals surface area contributed by atoms with Gasteiger partial charge in [0, 0.05) is 23.2 Å². The number of hydrogen-bond donors (Lipinski definition) is 3. The van der Waals surface area contributed by atoms with Crippen LogP contribution in [0.1, 0.15) is 19.8 Å². The van der Waals surface area contributed by atoms with Crippen LogP contribution in [0.15, 0.2) is 53.6 Å². The van der Waals surface area contributed by atoms with Gasteiger partial charge in [-0.25, -0.2) is 4.98 Å². The lowest BCUT2D eigenvalue weighted by Crippen LogP contribution is -2.22.